The molecule has 0 spiro atoms. The summed E-state index contributed by atoms with van der Waals surface area (Å²) in [6.45, 7) is 12.2. The number of amides is 2. The van der Waals surface area contributed by atoms with E-state index in [1.54, 1.807) is 6.92 Å². The van der Waals surface area contributed by atoms with Crippen LogP contribution in [-0.4, -0.2) is 24.4 Å². The molecule has 0 heterocycles. The van der Waals surface area contributed by atoms with Crippen LogP contribution in [-0.2, 0) is 9.59 Å². The maximum absolute atomic E-state index is 12.9. The standard InChI is InChI=1S/C20H32ClN3O2/c1-13(2)20(6,14(3)4)19(26)22-12-17(16-10-8-7-9-11-16)23-18(25)15(5)24-21/h7-11,13-15,17,24H,12H2,1-6H3,(H,22,26)(H,23,25)/t15-,17+/m0/s1. The van der Waals surface area contributed by atoms with Crippen molar-refractivity contribution >= 4 is 23.6 Å². The molecule has 2 atom stereocenters. The van der Waals surface area contributed by atoms with Gasteiger partial charge in [-0.1, -0.05) is 65.0 Å². The lowest BCUT2D eigenvalue weighted by molar-refractivity contribution is -0.136. The first-order chi connectivity index (χ1) is 12.1. The molecule has 1 aromatic rings. The van der Waals surface area contributed by atoms with Crippen molar-refractivity contribution < 1.29 is 9.59 Å². The smallest absolute Gasteiger partial charge is 0.238 e. The van der Waals surface area contributed by atoms with Crippen LogP contribution >= 0.6 is 11.8 Å². The number of hydrogen-bond donors (Lipinski definition) is 3. The Morgan fingerprint density at radius 2 is 1.58 bits per heavy atom. The normalized spacial score (nSPS) is 14.2. The van der Waals surface area contributed by atoms with Gasteiger partial charge < -0.3 is 10.6 Å². The van der Waals surface area contributed by atoms with Crippen molar-refractivity contribution in [3.8, 4) is 0 Å². The van der Waals surface area contributed by atoms with E-state index in [0.29, 0.717) is 6.54 Å². The molecule has 0 unspecified atom stereocenters. The average molecular weight is 382 g/mol. The Hall–Kier alpha value is -1.59. The van der Waals surface area contributed by atoms with Crippen LogP contribution in [0.4, 0.5) is 0 Å². The number of hydrogen-bond acceptors (Lipinski definition) is 3. The molecule has 1 aromatic carbocycles. The van der Waals surface area contributed by atoms with Gasteiger partial charge in [0.25, 0.3) is 0 Å². The van der Waals surface area contributed by atoms with Crippen molar-refractivity contribution in [2.24, 2.45) is 17.3 Å². The highest BCUT2D eigenvalue weighted by molar-refractivity contribution is 6.15. The first-order valence-electron chi connectivity index (χ1n) is 9.14. The predicted molar refractivity (Wildman–Crippen MR) is 107 cm³/mol. The highest BCUT2D eigenvalue weighted by atomic mass is 35.5. The summed E-state index contributed by atoms with van der Waals surface area (Å²) in [5, 5.41) is 5.99. The van der Waals surface area contributed by atoms with Crippen LogP contribution in [0, 0.1) is 17.3 Å². The lowest BCUT2D eigenvalue weighted by Crippen LogP contribution is -2.49. The SMILES string of the molecule is CC(C)C(C)(C(=O)NC[C@@H](NC(=O)[C@H](C)NCl)c1ccccc1)C(C)C. The third-order valence-corrected chi connectivity index (χ3v) is 5.76. The number of benzene rings is 1. The Morgan fingerprint density at radius 1 is 1.04 bits per heavy atom. The summed E-state index contributed by atoms with van der Waals surface area (Å²) >= 11 is 5.55. The van der Waals surface area contributed by atoms with E-state index in [-0.39, 0.29) is 29.7 Å². The average Bonchev–Trinajstić information content (AvgIpc) is 2.63. The Kier molecular flexibility index (Phi) is 8.57. The molecule has 26 heavy (non-hydrogen) atoms. The van der Waals surface area contributed by atoms with E-state index >= 15 is 0 Å². The summed E-state index contributed by atoms with van der Waals surface area (Å²) in [5.74, 6) is 0.181. The molecule has 0 radical (unpaired) electrons. The third-order valence-electron chi connectivity index (χ3n) is 5.43. The van der Waals surface area contributed by atoms with Crippen molar-refractivity contribution in [1.29, 1.82) is 0 Å². The Labute approximate surface area is 162 Å². The van der Waals surface area contributed by atoms with Gasteiger partial charge in [-0.3, -0.25) is 9.59 Å². The van der Waals surface area contributed by atoms with Crippen LogP contribution in [0.1, 0.15) is 53.1 Å². The maximum atomic E-state index is 12.9. The van der Waals surface area contributed by atoms with E-state index in [9.17, 15) is 9.59 Å². The van der Waals surface area contributed by atoms with E-state index in [2.05, 4.69) is 43.2 Å². The lowest BCUT2D eigenvalue weighted by atomic mass is 9.70. The fourth-order valence-electron chi connectivity index (χ4n) is 2.86. The second kappa shape index (κ2) is 9.93. The van der Waals surface area contributed by atoms with Gasteiger partial charge in [0.1, 0.15) is 0 Å². The molecule has 0 saturated carbocycles. The summed E-state index contributed by atoms with van der Waals surface area (Å²) in [6, 6.07) is 8.73. The molecule has 2 amide bonds. The van der Waals surface area contributed by atoms with Gasteiger partial charge in [-0.25, -0.2) is 4.84 Å². The molecule has 0 bridgehead atoms. The minimum Gasteiger partial charge on any atom is -0.353 e. The van der Waals surface area contributed by atoms with Crippen molar-refractivity contribution in [3.05, 3.63) is 35.9 Å². The van der Waals surface area contributed by atoms with E-state index < -0.39 is 11.5 Å². The fraction of sp³-hybridized carbons (Fsp3) is 0.600. The molecule has 0 fully saturated rings. The Morgan fingerprint density at radius 3 is 2.04 bits per heavy atom. The molecule has 0 aliphatic heterocycles. The van der Waals surface area contributed by atoms with Crippen LogP contribution < -0.4 is 15.5 Å². The second-order valence-corrected chi connectivity index (χ2v) is 7.82. The molecule has 5 nitrogen and oxygen atoms in total. The van der Waals surface area contributed by atoms with Crippen molar-refractivity contribution in [2.75, 3.05) is 6.54 Å². The predicted octanol–water partition coefficient (Wildman–Crippen LogP) is 3.41. The summed E-state index contributed by atoms with van der Waals surface area (Å²) in [5.41, 5.74) is 0.453. The van der Waals surface area contributed by atoms with Crippen molar-refractivity contribution in [1.82, 2.24) is 15.5 Å². The van der Waals surface area contributed by atoms with Crippen LogP contribution in [0.5, 0.6) is 0 Å². The number of carbonyl (C=O) groups excluding carboxylic acids is 2. The highest BCUT2D eigenvalue weighted by Gasteiger charge is 2.39. The lowest BCUT2D eigenvalue weighted by Gasteiger charge is -2.36. The van der Waals surface area contributed by atoms with Crippen molar-refractivity contribution in [3.63, 3.8) is 0 Å². The maximum Gasteiger partial charge on any atom is 0.238 e. The van der Waals surface area contributed by atoms with Gasteiger partial charge in [0.15, 0.2) is 0 Å². The van der Waals surface area contributed by atoms with Gasteiger partial charge in [0.05, 0.1) is 17.5 Å². The van der Waals surface area contributed by atoms with E-state index in [4.69, 9.17) is 11.8 Å². The van der Waals surface area contributed by atoms with Crippen LogP contribution in [0.2, 0.25) is 0 Å². The van der Waals surface area contributed by atoms with E-state index in [1.807, 2.05) is 37.3 Å². The van der Waals surface area contributed by atoms with E-state index in [1.165, 1.54) is 0 Å². The molecule has 1 rings (SSSR count). The third kappa shape index (κ3) is 5.45. The number of rotatable bonds is 9. The Balaban J connectivity index is 2.93. The molecule has 0 saturated heterocycles. The summed E-state index contributed by atoms with van der Waals surface area (Å²) in [4.78, 5) is 27.6. The van der Waals surface area contributed by atoms with Gasteiger partial charge in [0.2, 0.25) is 11.8 Å². The van der Waals surface area contributed by atoms with Crippen LogP contribution in [0.3, 0.4) is 0 Å². The summed E-state index contributed by atoms with van der Waals surface area (Å²) < 4.78 is 0. The van der Waals surface area contributed by atoms with E-state index in [0.717, 1.165) is 5.56 Å². The topological polar surface area (TPSA) is 70.2 Å². The quantitative estimate of drug-likeness (QED) is 0.574. The van der Waals surface area contributed by atoms with Gasteiger partial charge in [-0.2, -0.15) is 0 Å². The first kappa shape index (κ1) is 22.5. The zero-order valence-corrected chi connectivity index (χ0v) is 17.4. The van der Waals surface area contributed by atoms with Crippen LogP contribution in [0.25, 0.3) is 0 Å². The monoisotopic (exact) mass is 381 g/mol. The fourth-order valence-corrected chi connectivity index (χ4v) is 2.96. The molecule has 0 aliphatic rings. The molecule has 146 valence electrons. The molecule has 3 N–H and O–H groups in total. The second-order valence-electron chi connectivity index (χ2n) is 7.60. The van der Waals surface area contributed by atoms with Crippen molar-refractivity contribution in [2.45, 2.75) is 53.6 Å². The summed E-state index contributed by atoms with van der Waals surface area (Å²) in [6.07, 6.45) is 0. The highest BCUT2D eigenvalue weighted by Crippen LogP contribution is 2.35. The molecular weight excluding hydrogens is 350 g/mol. The largest absolute Gasteiger partial charge is 0.353 e. The molecular formula is C20H32ClN3O2. The number of carbonyl (C=O) groups is 2. The van der Waals surface area contributed by atoms with Gasteiger partial charge in [0, 0.05) is 6.54 Å². The Bertz CT molecular complexity index is 582. The molecule has 6 heteroatoms. The van der Waals surface area contributed by atoms with Gasteiger partial charge in [-0.05, 0) is 36.1 Å². The number of halogens is 1. The number of nitrogens with one attached hydrogen (secondary N) is 3. The molecule has 0 aliphatic carbocycles. The van der Waals surface area contributed by atoms with Gasteiger partial charge in [-0.15, -0.1) is 0 Å². The summed E-state index contributed by atoms with van der Waals surface area (Å²) in [7, 11) is 0. The van der Waals surface area contributed by atoms with Crippen LogP contribution in [0.15, 0.2) is 30.3 Å². The zero-order chi connectivity index (χ0) is 19.9. The molecule has 0 aromatic heterocycles. The minimum atomic E-state index is -0.532. The first-order valence-corrected chi connectivity index (χ1v) is 9.52. The van der Waals surface area contributed by atoms with Gasteiger partial charge >= 0.3 is 0 Å². The minimum absolute atomic E-state index is 0.00111. The zero-order valence-electron chi connectivity index (χ0n) is 16.6.